The van der Waals surface area contributed by atoms with Crippen LogP contribution in [0, 0.1) is 17.3 Å². The van der Waals surface area contributed by atoms with Gasteiger partial charge in [-0.15, -0.1) is 0 Å². The van der Waals surface area contributed by atoms with Gasteiger partial charge in [0.2, 0.25) is 0 Å². The zero-order chi connectivity index (χ0) is 41.1. The molecule has 6 rings (SSSR count). The number of likely N-dealkylation sites (tertiary alicyclic amines) is 1. The molecule has 3 N–H and O–H groups in total. The van der Waals surface area contributed by atoms with E-state index in [4.69, 9.17) is 33.0 Å². The molecule has 5 aliphatic rings. The molecular weight excluding hydrogens is 711 g/mol. The van der Waals surface area contributed by atoms with Crippen molar-refractivity contribution in [2.24, 2.45) is 17.3 Å². The molecule has 2 heterocycles. The Kier molecular flexibility index (Phi) is 11.7. The lowest BCUT2D eigenvalue weighted by atomic mass is 9.43. The van der Waals surface area contributed by atoms with E-state index in [1.165, 1.54) is 11.8 Å². The van der Waals surface area contributed by atoms with Crippen molar-refractivity contribution in [2.75, 3.05) is 19.7 Å². The van der Waals surface area contributed by atoms with Gasteiger partial charge in [0.05, 0.1) is 42.6 Å². The Morgan fingerprint density at radius 3 is 2.16 bits per heavy atom. The monoisotopic (exact) mass is 774 g/mol. The fourth-order valence-corrected chi connectivity index (χ4v) is 8.27. The number of carbonyl (C=O) groups is 3. The Morgan fingerprint density at radius 1 is 0.964 bits per heavy atom. The van der Waals surface area contributed by atoms with Crippen molar-refractivity contribution in [3.05, 3.63) is 23.3 Å². The number of benzene rings is 1. The van der Waals surface area contributed by atoms with Gasteiger partial charge in [-0.2, -0.15) is 0 Å². The first-order chi connectivity index (χ1) is 25.1. The number of nitrogens with one attached hydrogen (secondary N) is 1. The second-order valence-corrected chi connectivity index (χ2v) is 19.6. The van der Waals surface area contributed by atoms with Crippen LogP contribution >= 0.6 is 0 Å². The van der Waals surface area contributed by atoms with Crippen LogP contribution in [-0.2, 0) is 34.7 Å². The molecule has 15 heteroatoms. The third-order valence-corrected chi connectivity index (χ3v) is 11.2. The summed E-state index contributed by atoms with van der Waals surface area (Å²) in [6.45, 7) is 23.4. The first-order valence-electron chi connectivity index (χ1n) is 19.5. The molecule has 2 aliphatic heterocycles. The first-order valence-corrected chi connectivity index (χ1v) is 19.5. The molecule has 0 aromatic heterocycles. The predicted octanol–water partition coefficient (Wildman–Crippen LogP) is 5.94. The van der Waals surface area contributed by atoms with Gasteiger partial charge in [0, 0.05) is 0 Å². The largest absolute Gasteiger partial charge is 0.514 e. The fraction of sp³-hybridized carbons (Fsp3) is 0.775. The lowest BCUT2D eigenvalue weighted by molar-refractivity contribution is -0.199. The minimum absolute atomic E-state index is 0.0114. The van der Waals surface area contributed by atoms with Crippen molar-refractivity contribution in [2.45, 2.75) is 162 Å². The molecule has 0 spiro atoms. The maximum Gasteiger partial charge on any atom is 0.514 e. The second kappa shape index (κ2) is 15.0. The van der Waals surface area contributed by atoms with Crippen LogP contribution in [0.25, 0.3) is 0 Å². The summed E-state index contributed by atoms with van der Waals surface area (Å²) in [5, 5.41) is 24.3. The summed E-state index contributed by atoms with van der Waals surface area (Å²) in [6.07, 6.45) is -0.997. The Balaban J connectivity index is 1.38. The van der Waals surface area contributed by atoms with Crippen molar-refractivity contribution >= 4 is 25.3 Å². The number of rotatable bonds is 11. The van der Waals surface area contributed by atoms with Crippen molar-refractivity contribution in [3.8, 4) is 11.5 Å². The Bertz CT molecular complexity index is 1610. The van der Waals surface area contributed by atoms with Crippen LogP contribution in [0.1, 0.15) is 120 Å². The minimum Gasteiger partial charge on any atom is -0.486 e. The number of hydrogen-bond donors (Lipinski definition) is 3. The highest BCUT2D eigenvalue weighted by molar-refractivity contribution is 6.45. The highest BCUT2D eigenvalue weighted by atomic mass is 16.7. The van der Waals surface area contributed by atoms with E-state index in [-0.39, 0.29) is 47.3 Å². The zero-order valence-corrected chi connectivity index (χ0v) is 35.0. The third-order valence-electron chi connectivity index (χ3n) is 11.2. The summed E-state index contributed by atoms with van der Waals surface area (Å²) >= 11 is 0. The van der Waals surface area contributed by atoms with Crippen molar-refractivity contribution in [1.29, 1.82) is 0 Å². The Hall–Kier alpha value is -3.11. The smallest absolute Gasteiger partial charge is 0.486 e. The van der Waals surface area contributed by atoms with E-state index >= 15 is 0 Å². The van der Waals surface area contributed by atoms with Gasteiger partial charge in [-0.25, -0.2) is 9.59 Å². The number of hydrogen-bond acceptors (Lipinski definition) is 12. The number of alkyl carbamates (subject to hydrolysis) is 1. The fourth-order valence-electron chi connectivity index (χ4n) is 8.27. The van der Waals surface area contributed by atoms with Crippen LogP contribution in [0.4, 0.5) is 9.59 Å². The number of aliphatic hydroxyl groups is 2. The number of ether oxygens (including phenoxy) is 5. The number of amides is 2. The van der Waals surface area contributed by atoms with Crippen LogP contribution in [0.3, 0.4) is 0 Å². The van der Waals surface area contributed by atoms with Crippen LogP contribution < -0.4 is 14.8 Å². The van der Waals surface area contributed by atoms with Gasteiger partial charge in [0.25, 0.3) is 5.91 Å². The summed E-state index contributed by atoms with van der Waals surface area (Å²) < 4.78 is 42.3. The molecule has 1 aromatic carbocycles. The van der Waals surface area contributed by atoms with Gasteiger partial charge < -0.3 is 53.4 Å². The minimum atomic E-state index is -1.64. The van der Waals surface area contributed by atoms with Gasteiger partial charge in [0.1, 0.15) is 34.3 Å². The van der Waals surface area contributed by atoms with E-state index in [1.54, 1.807) is 74.4 Å². The highest BCUT2D eigenvalue weighted by Gasteiger charge is 2.67. The molecular formula is C40H63BN2O12. The van der Waals surface area contributed by atoms with Crippen molar-refractivity contribution in [1.82, 2.24) is 10.2 Å². The summed E-state index contributed by atoms with van der Waals surface area (Å²) in [5.41, 5.74) is -3.61. The van der Waals surface area contributed by atoms with E-state index in [2.05, 4.69) is 26.1 Å². The average Bonchev–Trinajstić information content (AvgIpc) is 3.34. The number of nitrogens with zero attached hydrogens (tertiary/aromatic N) is 1. The number of aliphatic hydroxyl groups excluding tert-OH is 2. The molecule has 0 radical (unpaired) electrons. The predicted molar refractivity (Wildman–Crippen MR) is 204 cm³/mol. The van der Waals surface area contributed by atoms with Gasteiger partial charge in [-0.3, -0.25) is 4.79 Å². The third kappa shape index (κ3) is 9.55. The van der Waals surface area contributed by atoms with Gasteiger partial charge in [-0.05, 0) is 131 Å². The van der Waals surface area contributed by atoms with Crippen LogP contribution in [0.5, 0.6) is 11.5 Å². The molecule has 2 bridgehead atoms. The zero-order valence-electron chi connectivity index (χ0n) is 35.0. The quantitative estimate of drug-likeness (QED) is 0.105. The maximum absolute atomic E-state index is 13.5. The molecule has 308 valence electrons. The highest BCUT2D eigenvalue weighted by Crippen LogP contribution is 2.65. The lowest BCUT2D eigenvalue weighted by Crippen LogP contribution is -2.67. The Labute approximate surface area is 326 Å². The van der Waals surface area contributed by atoms with Crippen LogP contribution in [0.15, 0.2) is 12.1 Å². The van der Waals surface area contributed by atoms with Crippen LogP contribution in [-0.4, -0.2) is 100 Å². The summed E-state index contributed by atoms with van der Waals surface area (Å²) in [4.78, 5) is 40.6. The van der Waals surface area contributed by atoms with Gasteiger partial charge >= 0.3 is 19.4 Å². The van der Waals surface area contributed by atoms with Crippen molar-refractivity contribution in [3.63, 3.8) is 0 Å². The summed E-state index contributed by atoms with van der Waals surface area (Å²) in [7, 11) is -0.470. The molecule has 2 unspecified atom stereocenters. The summed E-state index contributed by atoms with van der Waals surface area (Å²) in [6, 6.07) is 3.45. The molecule has 3 saturated carbocycles. The molecule has 2 saturated heterocycles. The number of aryl methyl sites for hydroxylation is 1. The lowest BCUT2D eigenvalue weighted by Gasteiger charge is -2.64. The van der Waals surface area contributed by atoms with Gasteiger partial charge in [0.15, 0.2) is 6.29 Å². The topological polar surface area (TPSA) is 172 Å². The molecule has 55 heavy (non-hydrogen) atoms. The van der Waals surface area contributed by atoms with E-state index < -0.39 is 66.6 Å². The molecule has 1 aromatic rings. The Morgan fingerprint density at radius 2 is 1.60 bits per heavy atom. The average molecular weight is 775 g/mol. The molecule has 6 atom stereocenters. The van der Waals surface area contributed by atoms with E-state index in [9.17, 15) is 24.6 Å². The first kappa shape index (κ1) is 43.0. The van der Waals surface area contributed by atoms with Gasteiger partial charge in [-0.1, -0.05) is 19.9 Å². The molecule has 14 nitrogen and oxygen atoms in total. The standard InChI is InChI=1S/C40H63BN2O12/c1-35(2,3)51-31(45)29-26(49-25-20-43(21-25)32(46)39(12,22-44)42-33(47)52-36(4,5)6)15-14-23(30(29)50-34(48)53-37(7,8)9)16-17-41-54-28-19-24-18-27(38(24,10)11)40(28,13)55-41/h14-15,24-25,27-28,31,44-45H,16-22H2,1-13H3,(H,42,47)/t24-,27-,28+,31?,39?,40-/m0/s1. The van der Waals surface area contributed by atoms with E-state index in [0.29, 0.717) is 30.1 Å². The summed E-state index contributed by atoms with van der Waals surface area (Å²) in [5.74, 6) is 0.716. The maximum atomic E-state index is 13.5. The van der Waals surface area contributed by atoms with Crippen LogP contribution in [0.2, 0.25) is 6.32 Å². The molecule has 2 amide bonds. The molecule has 5 fully saturated rings. The van der Waals surface area contributed by atoms with E-state index in [0.717, 1.165) is 12.8 Å². The SMILES string of the molecule is CC(C)(C)OC(=O)NC(C)(CO)C(=O)N1CC(Oc2ccc(CCB3O[C@@H]4C[C@@H]5C[C@@H](C5(C)C)[C@]4(C)O3)c(OC(=O)OC(C)(C)C)c2C(O)OC(C)(C)C)C1. The van der Waals surface area contributed by atoms with E-state index in [1.807, 2.05) is 0 Å². The number of carbonyl (C=O) groups excluding carboxylic acids is 3. The normalized spacial score (nSPS) is 26.5. The second-order valence-electron chi connectivity index (χ2n) is 19.6. The molecule has 3 aliphatic carbocycles. The van der Waals surface area contributed by atoms with Crippen molar-refractivity contribution < 1.29 is 57.6 Å².